The van der Waals surface area contributed by atoms with E-state index >= 15 is 0 Å². The summed E-state index contributed by atoms with van der Waals surface area (Å²) in [5.41, 5.74) is 2.25. The van der Waals surface area contributed by atoms with Crippen LogP contribution in [0.15, 0.2) is 34.6 Å². The number of ether oxygens (including phenoxy) is 1. The van der Waals surface area contributed by atoms with Crippen LogP contribution in [0.4, 0.5) is 0 Å². The van der Waals surface area contributed by atoms with Crippen LogP contribution in [-0.2, 0) is 13.0 Å². The monoisotopic (exact) mass is 488 g/mol. The van der Waals surface area contributed by atoms with Crippen molar-refractivity contribution in [1.82, 2.24) is 15.6 Å². The van der Waals surface area contributed by atoms with Crippen molar-refractivity contribution in [3.63, 3.8) is 0 Å². The highest BCUT2D eigenvalue weighted by Crippen LogP contribution is 2.17. The zero-order valence-electron chi connectivity index (χ0n) is 15.7. The quantitative estimate of drug-likeness (QED) is 0.241. The second kappa shape index (κ2) is 12.9. The Bertz CT molecular complexity index is 675. The van der Waals surface area contributed by atoms with Crippen molar-refractivity contribution in [2.45, 2.75) is 39.7 Å². The number of hydrogen-bond acceptors (Lipinski definition) is 4. The maximum Gasteiger partial charge on any atom is 0.191 e. The Hall–Kier alpha value is -1.35. The van der Waals surface area contributed by atoms with Crippen molar-refractivity contribution in [2.75, 3.05) is 20.2 Å². The maximum atomic E-state index is 5.65. The van der Waals surface area contributed by atoms with E-state index in [0.717, 1.165) is 48.8 Å². The molecule has 7 heteroatoms. The minimum Gasteiger partial charge on any atom is -0.494 e. The number of aliphatic imine (C=N–C) groups is 1. The number of rotatable bonds is 9. The normalized spacial score (nSPS) is 11.0. The smallest absolute Gasteiger partial charge is 0.191 e. The summed E-state index contributed by atoms with van der Waals surface area (Å²) in [4.78, 5) is 8.78. The van der Waals surface area contributed by atoms with E-state index in [1.807, 2.05) is 32.0 Å². The lowest BCUT2D eigenvalue weighted by atomic mass is 10.2. The number of unbranched alkanes of at least 4 members (excludes halogenated alkanes) is 1. The summed E-state index contributed by atoms with van der Waals surface area (Å²) >= 11 is 1.75. The molecule has 0 saturated heterocycles. The predicted octanol–water partition coefficient (Wildman–Crippen LogP) is 4.16. The van der Waals surface area contributed by atoms with Gasteiger partial charge in [-0.25, -0.2) is 4.98 Å². The fourth-order valence-corrected chi connectivity index (χ4v) is 3.29. The molecular weight excluding hydrogens is 459 g/mol. The van der Waals surface area contributed by atoms with E-state index in [2.05, 4.69) is 32.1 Å². The van der Waals surface area contributed by atoms with Gasteiger partial charge in [0.25, 0.3) is 0 Å². The van der Waals surface area contributed by atoms with Gasteiger partial charge in [-0.3, -0.25) is 4.99 Å². The molecule has 1 aromatic heterocycles. The second-order valence-electron chi connectivity index (χ2n) is 5.73. The van der Waals surface area contributed by atoms with Gasteiger partial charge in [0.2, 0.25) is 0 Å². The van der Waals surface area contributed by atoms with E-state index in [-0.39, 0.29) is 24.0 Å². The Morgan fingerprint density at radius 2 is 2.04 bits per heavy atom. The van der Waals surface area contributed by atoms with Gasteiger partial charge in [0.15, 0.2) is 5.96 Å². The Morgan fingerprint density at radius 3 is 2.73 bits per heavy atom. The zero-order valence-corrected chi connectivity index (χ0v) is 18.9. The highest BCUT2D eigenvalue weighted by Gasteiger charge is 2.04. The van der Waals surface area contributed by atoms with Gasteiger partial charge in [0, 0.05) is 36.8 Å². The average molecular weight is 488 g/mol. The standard InChI is InChI=1S/C19H28N4OS.HI/c1-4-24-17-10-6-5-9-16(17)13-22-19(20-3)21-12-8-7-11-18-23-15(2)14-25-18;/h5-6,9-10,14H,4,7-8,11-13H2,1-3H3,(H2,20,21,22);1H. The molecule has 26 heavy (non-hydrogen) atoms. The van der Waals surface area contributed by atoms with Crippen LogP contribution in [0.5, 0.6) is 5.75 Å². The van der Waals surface area contributed by atoms with Crippen LogP contribution in [0.25, 0.3) is 0 Å². The first-order valence-electron chi connectivity index (χ1n) is 8.79. The first kappa shape index (κ1) is 22.7. The van der Waals surface area contributed by atoms with Gasteiger partial charge in [-0.15, -0.1) is 35.3 Å². The molecule has 0 aliphatic heterocycles. The fraction of sp³-hybridized carbons (Fsp3) is 0.474. The topological polar surface area (TPSA) is 58.5 Å². The van der Waals surface area contributed by atoms with Crippen LogP contribution < -0.4 is 15.4 Å². The van der Waals surface area contributed by atoms with Crippen molar-refractivity contribution < 1.29 is 4.74 Å². The minimum absolute atomic E-state index is 0. The number of guanidine groups is 1. The van der Waals surface area contributed by atoms with E-state index in [0.29, 0.717) is 13.2 Å². The zero-order chi connectivity index (χ0) is 17.9. The molecule has 0 aliphatic rings. The number of para-hydroxylation sites is 1. The summed E-state index contributed by atoms with van der Waals surface area (Å²) in [6.07, 6.45) is 3.27. The first-order chi connectivity index (χ1) is 12.2. The highest BCUT2D eigenvalue weighted by atomic mass is 127. The van der Waals surface area contributed by atoms with Crippen LogP contribution in [0, 0.1) is 6.92 Å². The van der Waals surface area contributed by atoms with E-state index in [4.69, 9.17) is 4.74 Å². The molecule has 1 aromatic carbocycles. The molecular formula is C19H29IN4OS. The average Bonchev–Trinajstić information content (AvgIpc) is 3.04. The van der Waals surface area contributed by atoms with Crippen molar-refractivity contribution >= 4 is 41.3 Å². The molecule has 0 atom stereocenters. The summed E-state index contributed by atoms with van der Waals surface area (Å²) in [5, 5.41) is 10.0. The first-order valence-corrected chi connectivity index (χ1v) is 9.67. The third-order valence-corrected chi connectivity index (χ3v) is 4.75. The third kappa shape index (κ3) is 7.90. The Balaban J connectivity index is 0.00000338. The van der Waals surface area contributed by atoms with Gasteiger partial charge in [-0.1, -0.05) is 18.2 Å². The Morgan fingerprint density at radius 1 is 1.23 bits per heavy atom. The molecule has 2 rings (SSSR count). The molecule has 1 heterocycles. The molecule has 0 saturated carbocycles. The molecule has 0 bridgehead atoms. The number of hydrogen-bond donors (Lipinski definition) is 2. The highest BCUT2D eigenvalue weighted by molar-refractivity contribution is 14.0. The number of thiazole rings is 1. The number of halogens is 1. The van der Waals surface area contributed by atoms with Gasteiger partial charge in [0.05, 0.1) is 11.6 Å². The molecule has 2 aromatic rings. The molecule has 0 unspecified atom stereocenters. The van der Waals surface area contributed by atoms with Crippen LogP contribution in [0.3, 0.4) is 0 Å². The number of aromatic nitrogens is 1. The molecule has 5 nitrogen and oxygen atoms in total. The van der Waals surface area contributed by atoms with Gasteiger partial charge >= 0.3 is 0 Å². The van der Waals surface area contributed by atoms with E-state index in [9.17, 15) is 0 Å². The largest absolute Gasteiger partial charge is 0.494 e. The van der Waals surface area contributed by atoms with Crippen molar-refractivity contribution in [2.24, 2.45) is 4.99 Å². The van der Waals surface area contributed by atoms with Crippen LogP contribution in [0.2, 0.25) is 0 Å². The van der Waals surface area contributed by atoms with Gasteiger partial charge in [-0.05, 0) is 39.2 Å². The van der Waals surface area contributed by atoms with Crippen LogP contribution in [0.1, 0.15) is 36.0 Å². The van der Waals surface area contributed by atoms with Crippen molar-refractivity contribution in [1.29, 1.82) is 0 Å². The lowest BCUT2D eigenvalue weighted by molar-refractivity contribution is 0.336. The van der Waals surface area contributed by atoms with Crippen LogP contribution >= 0.6 is 35.3 Å². The van der Waals surface area contributed by atoms with Crippen LogP contribution in [-0.4, -0.2) is 31.1 Å². The summed E-state index contributed by atoms with van der Waals surface area (Å²) in [7, 11) is 1.79. The molecule has 144 valence electrons. The number of aryl methyl sites for hydroxylation is 2. The van der Waals surface area contributed by atoms with Gasteiger partial charge in [0.1, 0.15) is 5.75 Å². The molecule has 0 aliphatic carbocycles. The molecule has 0 radical (unpaired) electrons. The second-order valence-corrected chi connectivity index (χ2v) is 6.68. The summed E-state index contributed by atoms with van der Waals surface area (Å²) in [5.74, 6) is 1.74. The van der Waals surface area contributed by atoms with Crippen molar-refractivity contribution in [3.8, 4) is 5.75 Å². The lowest BCUT2D eigenvalue weighted by Gasteiger charge is -2.14. The molecule has 0 amide bonds. The third-order valence-electron chi connectivity index (χ3n) is 3.72. The van der Waals surface area contributed by atoms with E-state index in [1.165, 1.54) is 5.01 Å². The molecule has 0 spiro atoms. The minimum atomic E-state index is 0. The fourth-order valence-electron chi connectivity index (χ4n) is 2.47. The van der Waals surface area contributed by atoms with Gasteiger partial charge < -0.3 is 15.4 Å². The number of nitrogens with zero attached hydrogens (tertiary/aromatic N) is 2. The summed E-state index contributed by atoms with van der Waals surface area (Å²) < 4.78 is 5.65. The molecule has 0 fully saturated rings. The number of nitrogens with one attached hydrogen (secondary N) is 2. The summed E-state index contributed by atoms with van der Waals surface area (Å²) in [6, 6.07) is 8.08. The predicted molar refractivity (Wildman–Crippen MR) is 121 cm³/mol. The van der Waals surface area contributed by atoms with Crippen molar-refractivity contribution in [3.05, 3.63) is 45.9 Å². The SMILES string of the molecule is CCOc1ccccc1CNC(=NC)NCCCCc1nc(C)cs1.I. The molecule has 2 N–H and O–H groups in total. The Labute approximate surface area is 177 Å². The Kier molecular flexibility index (Phi) is 11.3. The summed E-state index contributed by atoms with van der Waals surface area (Å²) in [6.45, 7) is 6.30. The van der Waals surface area contributed by atoms with E-state index < -0.39 is 0 Å². The maximum absolute atomic E-state index is 5.65. The van der Waals surface area contributed by atoms with Gasteiger partial charge in [-0.2, -0.15) is 0 Å². The number of benzene rings is 1. The van der Waals surface area contributed by atoms with E-state index in [1.54, 1.807) is 18.4 Å². The lowest BCUT2D eigenvalue weighted by Crippen LogP contribution is -2.37.